The first-order valence-electron chi connectivity index (χ1n) is 23.1. The maximum Gasteiger partial charge on any atom is 0.247 e. The summed E-state index contributed by atoms with van der Waals surface area (Å²) in [5.41, 5.74) is 15.4. The van der Waals surface area contributed by atoms with Crippen LogP contribution < -0.4 is 49.2 Å². The molecule has 12 heteroatoms. The van der Waals surface area contributed by atoms with Gasteiger partial charge in [-0.25, -0.2) is 15.0 Å². The normalized spacial score (nSPS) is 14.5. The van der Waals surface area contributed by atoms with E-state index in [0.29, 0.717) is 17.5 Å². The molecule has 0 saturated heterocycles. The Hall–Kier alpha value is -5.72. The average molecular weight is 982 g/mol. The van der Waals surface area contributed by atoms with Crippen LogP contribution in [0.3, 0.4) is 0 Å². The van der Waals surface area contributed by atoms with Gasteiger partial charge in [0.2, 0.25) is 20.1 Å². The van der Waals surface area contributed by atoms with E-state index in [9.17, 15) is 0 Å². The van der Waals surface area contributed by atoms with E-state index in [1.165, 1.54) is 108 Å². The van der Waals surface area contributed by atoms with Gasteiger partial charge in [-0.3, -0.25) is 0 Å². The fourth-order valence-electron chi connectivity index (χ4n) is 11.3. The molecular formula is C57H30B3N3S6. The third-order valence-corrected chi connectivity index (χ3v) is 21.3. The van der Waals surface area contributed by atoms with E-state index < -0.39 is 0 Å². The summed E-state index contributed by atoms with van der Waals surface area (Å²) in [5.74, 6) is 2.03. The predicted octanol–water partition coefficient (Wildman–Crippen LogP) is 9.21. The standard InChI is InChI=1S/C57H30B3N3S6/c1-4-13-40-34(10-1)58-37-25-22-31(28-49(37)67-46-19-7-16-43(64-40)52(46)58)55-61-56(32-23-26-38-50(29-32)68-47-20-8-17-44-53(47)59(38)35-11-2-5-14-41(35)65-44)63-57(62-55)33-24-27-39-51(30-33)69-48-21-9-18-45-54(48)60(39)36-12-3-6-15-42(36)66-45/h1-30H. The summed E-state index contributed by atoms with van der Waals surface area (Å²) in [6.45, 7) is 0.531. The van der Waals surface area contributed by atoms with E-state index in [-0.39, 0.29) is 20.1 Å². The monoisotopic (exact) mass is 981 g/mol. The second-order valence-electron chi connectivity index (χ2n) is 18.1. The topological polar surface area (TPSA) is 38.7 Å². The van der Waals surface area contributed by atoms with Crippen LogP contribution in [0.1, 0.15) is 0 Å². The number of aromatic nitrogens is 3. The van der Waals surface area contributed by atoms with E-state index in [1.807, 2.05) is 70.6 Å². The smallest absolute Gasteiger partial charge is 0.208 e. The molecule has 318 valence electrons. The van der Waals surface area contributed by atoms with E-state index in [1.54, 1.807) is 0 Å². The second-order valence-corrected chi connectivity index (χ2v) is 24.6. The van der Waals surface area contributed by atoms with Gasteiger partial charge in [0.25, 0.3) is 0 Å². The quantitative estimate of drug-likeness (QED) is 0.161. The van der Waals surface area contributed by atoms with Gasteiger partial charge >= 0.3 is 0 Å². The fourth-order valence-corrected chi connectivity index (χ4v) is 18.6. The van der Waals surface area contributed by atoms with Crippen LogP contribution in [0.2, 0.25) is 0 Å². The zero-order valence-electron chi connectivity index (χ0n) is 36.3. The van der Waals surface area contributed by atoms with Crippen LogP contribution in [0.4, 0.5) is 0 Å². The molecule has 10 aromatic rings. The number of rotatable bonds is 3. The Balaban J connectivity index is 0.857. The van der Waals surface area contributed by atoms with Crippen molar-refractivity contribution < 1.29 is 0 Å². The van der Waals surface area contributed by atoms with Gasteiger partial charge in [0, 0.05) is 75.4 Å². The molecule has 0 amide bonds. The Morgan fingerprint density at radius 3 is 0.783 bits per heavy atom. The Labute approximate surface area is 426 Å². The molecule has 0 N–H and O–H groups in total. The lowest BCUT2D eigenvalue weighted by molar-refractivity contribution is 1.07. The Morgan fingerprint density at radius 2 is 0.478 bits per heavy atom. The van der Waals surface area contributed by atoms with Crippen LogP contribution in [0.25, 0.3) is 34.2 Å². The molecule has 0 radical (unpaired) electrons. The van der Waals surface area contributed by atoms with Crippen molar-refractivity contribution in [3.05, 3.63) is 182 Å². The number of hydrogen-bond donors (Lipinski definition) is 0. The van der Waals surface area contributed by atoms with Crippen molar-refractivity contribution >= 4 is 140 Å². The minimum atomic E-state index is 0.177. The third kappa shape index (κ3) is 6.12. The first-order valence-corrected chi connectivity index (χ1v) is 28.0. The average Bonchev–Trinajstić information content (AvgIpc) is 3.40. The molecule has 1 aromatic heterocycles. The molecule has 0 fully saturated rings. The van der Waals surface area contributed by atoms with Crippen molar-refractivity contribution in [2.24, 2.45) is 0 Å². The SMILES string of the molecule is c1ccc2c(c1)Sc1cccc3c1B2c1ccc(-c2nc(-c4ccc5c(c4)Sc4cccc6c4B5c4ccccc4S6)nc(-c4ccc5c(c4)Sc4cccc6c4B5c4ccccc4S6)n2)cc1S3. The van der Waals surface area contributed by atoms with Crippen molar-refractivity contribution in [3.8, 4) is 34.2 Å². The van der Waals surface area contributed by atoms with Crippen molar-refractivity contribution in [3.63, 3.8) is 0 Å². The summed E-state index contributed by atoms with van der Waals surface area (Å²) < 4.78 is 0. The molecule has 69 heavy (non-hydrogen) atoms. The van der Waals surface area contributed by atoms with Gasteiger partial charge < -0.3 is 0 Å². The Morgan fingerprint density at radius 1 is 0.232 bits per heavy atom. The van der Waals surface area contributed by atoms with E-state index in [0.717, 1.165) is 16.7 Å². The highest BCUT2D eigenvalue weighted by Crippen LogP contribution is 2.43. The zero-order valence-corrected chi connectivity index (χ0v) is 41.2. The molecule has 0 atom stereocenters. The van der Waals surface area contributed by atoms with Gasteiger partial charge in [-0.05, 0) is 89.2 Å². The maximum atomic E-state index is 5.42. The molecule has 9 aromatic carbocycles. The van der Waals surface area contributed by atoms with Crippen LogP contribution in [0.15, 0.2) is 241 Å². The highest BCUT2D eigenvalue weighted by molar-refractivity contribution is 8.02. The highest BCUT2D eigenvalue weighted by Gasteiger charge is 2.41. The first kappa shape index (κ1) is 40.1. The Bertz CT molecular complexity index is 3530. The maximum absolute atomic E-state index is 5.42. The van der Waals surface area contributed by atoms with Crippen molar-refractivity contribution in [1.82, 2.24) is 15.0 Å². The molecule has 16 rings (SSSR count). The lowest BCUT2D eigenvalue weighted by Gasteiger charge is -2.33. The van der Waals surface area contributed by atoms with Crippen molar-refractivity contribution in [2.75, 3.05) is 0 Å². The van der Waals surface area contributed by atoms with Gasteiger partial charge in [0.1, 0.15) is 0 Å². The molecule has 3 nitrogen and oxygen atoms in total. The summed E-state index contributed by atoms with van der Waals surface area (Å²) >= 11 is 11.3. The zero-order chi connectivity index (χ0) is 44.9. The lowest BCUT2D eigenvalue weighted by atomic mass is 9.36. The predicted molar refractivity (Wildman–Crippen MR) is 293 cm³/mol. The summed E-state index contributed by atoms with van der Waals surface area (Å²) in [6, 6.07) is 67.8. The van der Waals surface area contributed by atoms with E-state index in [4.69, 9.17) is 15.0 Å². The molecule has 6 aliphatic heterocycles. The summed E-state index contributed by atoms with van der Waals surface area (Å²) in [5, 5.41) is 0. The van der Waals surface area contributed by atoms with Crippen molar-refractivity contribution in [2.45, 2.75) is 58.7 Å². The molecule has 6 aliphatic rings. The number of nitrogens with zero attached hydrogens (tertiary/aromatic N) is 3. The molecule has 0 saturated carbocycles. The third-order valence-electron chi connectivity index (χ3n) is 14.3. The molecule has 0 spiro atoms. The molecular weight excluding hydrogens is 951 g/mol. The number of hydrogen-bond acceptors (Lipinski definition) is 9. The summed E-state index contributed by atoms with van der Waals surface area (Å²) in [4.78, 5) is 32.0. The molecule has 0 aliphatic carbocycles. The van der Waals surface area contributed by atoms with Crippen LogP contribution >= 0.6 is 70.6 Å². The number of fused-ring (bicyclic) bond motifs is 12. The fraction of sp³-hybridized carbons (Fsp3) is 0. The largest absolute Gasteiger partial charge is 0.247 e. The lowest BCUT2D eigenvalue weighted by Crippen LogP contribution is -2.57. The second kappa shape index (κ2) is 15.4. The van der Waals surface area contributed by atoms with Gasteiger partial charge in [-0.1, -0.05) is 213 Å². The van der Waals surface area contributed by atoms with Crippen LogP contribution in [-0.2, 0) is 0 Å². The van der Waals surface area contributed by atoms with Crippen LogP contribution in [0.5, 0.6) is 0 Å². The molecule has 0 bridgehead atoms. The van der Waals surface area contributed by atoms with Crippen molar-refractivity contribution in [1.29, 1.82) is 0 Å². The van der Waals surface area contributed by atoms with Crippen LogP contribution in [0, 0.1) is 0 Å². The molecule has 7 heterocycles. The summed E-state index contributed by atoms with van der Waals surface area (Å²) in [7, 11) is 0. The van der Waals surface area contributed by atoms with Gasteiger partial charge in [0.15, 0.2) is 17.5 Å². The summed E-state index contributed by atoms with van der Waals surface area (Å²) in [6.07, 6.45) is 0. The minimum Gasteiger partial charge on any atom is -0.208 e. The van der Waals surface area contributed by atoms with E-state index in [2.05, 4.69) is 182 Å². The highest BCUT2D eigenvalue weighted by atomic mass is 32.2. The van der Waals surface area contributed by atoms with E-state index >= 15 is 0 Å². The minimum absolute atomic E-state index is 0.177. The van der Waals surface area contributed by atoms with Crippen LogP contribution in [-0.4, -0.2) is 35.1 Å². The van der Waals surface area contributed by atoms with Gasteiger partial charge in [-0.15, -0.1) is 0 Å². The van der Waals surface area contributed by atoms with Gasteiger partial charge in [0.05, 0.1) is 0 Å². The Kier molecular flexibility index (Phi) is 8.94. The number of benzene rings is 9. The first-order chi connectivity index (χ1) is 34.1. The molecule has 0 unspecified atom stereocenters. The van der Waals surface area contributed by atoms with Gasteiger partial charge in [-0.2, -0.15) is 0 Å².